The van der Waals surface area contributed by atoms with Crippen LogP contribution in [0.3, 0.4) is 0 Å². The third-order valence-electron chi connectivity index (χ3n) is 4.92. The summed E-state index contributed by atoms with van der Waals surface area (Å²) in [5, 5.41) is 21.8. The van der Waals surface area contributed by atoms with Gasteiger partial charge in [-0.2, -0.15) is 10.5 Å². The van der Waals surface area contributed by atoms with Crippen LogP contribution >= 0.6 is 0 Å². The highest BCUT2D eigenvalue weighted by Gasteiger charge is 2.13. The van der Waals surface area contributed by atoms with Crippen molar-refractivity contribution in [1.29, 1.82) is 10.5 Å². The summed E-state index contributed by atoms with van der Waals surface area (Å²) in [5.74, 6) is 0.998. The van der Waals surface area contributed by atoms with Gasteiger partial charge in [0, 0.05) is 29.4 Å². The zero-order chi connectivity index (χ0) is 21.8. The molecule has 0 aliphatic rings. The number of hydrogen-bond donors (Lipinski definition) is 1. The van der Waals surface area contributed by atoms with Crippen LogP contribution in [0.25, 0.3) is 28.1 Å². The molecule has 2 heterocycles. The average Bonchev–Trinajstić information content (AvgIpc) is 2.78. The van der Waals surface area contributed by atoms with Gasteiger partial charge in [-0.3, -0.25) is 0 Å². The zero-order valence-electron chi connectivity index (χ0n) is 17.1. The van der Waals surface area contributed by atoms with Gasteiger partial charge in [0.1, 0.15) is 11.9 Å². The fourth-order valence-corrected chi connectivity index (χ4v) is 3.62. The quantitative estimate of drug-likeness (QED) is 0.455. The fraction of sp³-hybridized carbons (Fsp3) is 0.0800. The number of nitrogens with one attached hydrogen (secondary N) is 1. The predicted octanol–water partition coefficient (Wildman–Crippen LogP) is 5.46. The fourth-order valence-electron chi connectivity index (χ4n) is 3.62. The van der Waals surface area contributed by atoms with E-state index in [1.807, 2.05) is 24.3 Å². The lowest BCUT2D eigenvalue weighted by molar-refractivity contribution is 1.18. The van der Waals surface area contributed by atoms with Crippen molar-refractivity contribution < 1.29 is 0 Å². The smallest absolute Gasteiger partial charge is 0.228 e. The minimum Gasteiger partial charge on any atom is -0.309 e. The highest BCUT2D eigenvalue weighted by Crippen LogP contribution is 2.33. The monoisotopic (exact) mass is 402 g/mol. The molecule has 148 valence electrons. The Morgan fingerprint density at radius 1 is 0.968 bits per heavy atom. The maximum absolute atomic E-state index is 8.93. The lowest BCUT2D eigenvalue weighted by atomic mass is 9.92. The number of para-hydroxylation sites is 1. The Morgan fingerprint density at radius 3 is 2.45 bits per heavy atom. The van der Waals surface area contributed by atoms with Crippen LogP contribution in [0, 0.1) is 36.5 Å². The van der Waals surface area contributed by atoms with Gasteiger partial charge in [0.25, 0.3) is 0 Å². The summed E-state index contributed by atoms with van der Waals surface area (Å²) < 4.78 is 0. The molecule has 4 rings (SSSR count). The molecular weight excluding hydrogens is 384 g/mol. The lowest BCUT2D eigenvalue weighted by Crippen LogP contribution is -2.00. The van der Waals surface area contributed by atoms with Gasteiger partial charge in [0.2, 0.25) is 5.95 Å². The van der Waals surface area contributed by atoms with Crippen molar-refractivity contribution in [3.8, 4) is 23.3 Å². The van der Waals surface area contributed by atoms with E-state index < -0.39 is 0 Å². The molecule has 1 N–H and O–H groups in total. The SMILES string of the molecule is Cc1cc(C=CC#N)cc(C)c1-c1cccc2cnc(Nc3ccc(C#N)cn3)nc12. The Labute approximate surface area is 180 Å². The molecule has 0 bridgehead atoms. The predicted molar refractivity (Wildman–Crippen MR) is 121 cm³/mol. The first kappa shape index (κ1) is 19.8. The van der Waals surface area contributed by atoms with E-state index in [0.29, 0.717) is 17.3 Å². The number of nitriles is 2. The molecule has 4 aromatic rings. The number of anilines is 2. The van der Waals surface area contributed by atoms with Crippen LogP contribution in [0.1, 0.15) is 22.3 Å². The Bertz CT molecular complexity index is 1370. The van der Waals surface area contributed by atoms with Crippen LogP contribution < -0.4 is 5.32 Å². The number of aromatic nitrogens is 3. The molecule has 0 aliphatic carbocycles. The van der Waals surface area contributed by atoms with Crippen LogP contribution in [-0.2, 0) is 0 Å². The minimum atomic E-state index is 0.432. The first-order valence-electron chi connectivity index (χ1n) is 9.66. The molecule has 0 aliphatic heterocycles. The van der Waals surface area contributed by atoms with Gasteiger partial charge in [-0.25, -0.2) is 15.0 Å². The van der Waals surface area contributed by atoms with E-state index in [9.17, 15) is 0 Å². The van der Waals surface area contributed by atoms with Gasteiger partial charge >= 0.3 is 0 Å². The Kier molecular flexibility index (Phi) is 5.38. The topological polar surface area (TPSA) is 98.3 Å². The molecule has 0 fully saturated rings. The third kappa shape index (κ3) is 4.10. The molecule has 0 amide bonds. The van der Waals surface area contributed by atoms with Crippen LogP contribution in [0.5, 0.6) is 0 Å². The van der Waals surface area contributed by atoms with E-state index in [4.69, 9.17) is 15.5 Å². The first-order valence-corrected chi connectivity index (χ1v) is 9.66. The number of pyridine rings is 1. The maximum Gasteiger partial charge on any atom is 0.228 e. The molecule has 2 aromatic heterocycles. The summed E-state index contributed by atoms with van der Waals surface area (Å²) in [7, 11) is 0. The highest BCUT2D eigenvalue weighted by molar-refractivity contribution is 5.95. The molecule has 2 aromatic carbocycles. The maximum atomic E-state index is 8.93. The van der Waals surface area contributed by atoms with Crippen molar-refractivity contribution in [2.45, 2.75) is 13.8 Å². The standard InChI is InChI=1S/C25H18N6/c1-16-11-18(5-4-10-26)12-17(2)23(16)21-7-3-6-20-15-29-25(31-24(20)21)30-22-9-8-19(13-27)14-28-22/h3-9,11-12,14-15H,1-2H3,(H,28,29,30,31). The normalized spacial score (nSPS) is 10.7. The van der Waals surface area contributed by atoms with Crippen molar-refractivity contribution in [3.63, 3.8) is 0 Å². The molecule has 0 radical (unpaired) electrons. The van der Waals surface area contributed by atoms with Gasteiger partial charge in [0.05, 0.1) is 17.1 Å². The second-order valence-electron chi connectivity index (χ2n) is 7.10. The molecule has 0 saturated heterocycles. The van der Waals surface area contributed by atoms with Crippen molar-refractivity contribution >= 4 is 28.7 Å². The summed E-state index contributed by atoms with van der Waals surface area (Å²) in [4.78, 5) is 13.4. The second-order valence-corrected chi connectivity index (χ2v) is 7.10. The minimum absolute atomic E-state index is 0.432. The molecule has 0 unspecified atom stereocenters. The van der Waals surface area contributed by atoms with E-state index in [2.05, 4.69) is 53.4 Å². The number of allylic oxidation sites excluding steroid dienone is 1. The molecule has 31 heavy (non-hydrogen) atoms. The zero-order valence-corrected chi connectivity index (χ0v) is 17.1. The Balaban J connectivity index is 1.78. The molecule has 6 heteroatoms. The van der Waals surface area contributed by atoms with E-state index in [1.165, 1.54) is 12.3 Å². The number of fused-ring (bicyclic) bond motifs is 1. The van der Waals surface area contributed by atoms with Gasteiger partial charge in [0.15, 0.2) is 0 Å². The van der Waals surface area contributed by atoms with Gasteiger partial charge < -0.3 is 5.32 Å². The molecular formula is C25H18N6. The summed E-state index contributed by atoms with van der Waals surface area (Å²) in [5.41, 5.74) is 6.65. The van der Waals surface area contributed by atoms with Gasteiger partial charge in [-0.05, 0) is 54.3 Å². The molecule has 0 atom stereocenters. The van der Waals surface area contributed by atoms with Crippen LogP contribution in [0.4, 0.5) is 11.8 Å². The highest BCUT2D eigenvalue weighted by atomic mass is 15.1. The number of nitrogens with zero attached hydrogens (tertiary/aromatic N) is 5. The van der Waals surface area contributed by atoms with Gasteiger partial charge in [-0.1, -0.05) is 30.3 Å². The van der Waals surface area contributed by atoms with Crippen molar-refractivity contribution in [2.24, 2.45) is 0 Å². The van der Waals surface area contributed by atoms with Crippen LogP contribution in [0.15, 0.2) is 60.9 Å². The first-order chi connectivity index (χ1) is 15.1. The van der Waals surface area contributed by atoms with Gasteiger partial charge in [-0.15, -0.1) is 0 Å². The van der Waals surface area contributed by atoms with Crippen LogP contribution in [-0.4, -0.2) is 15.0 Å². The van der Waals surface area contributed by atoms with E-state index in [-0.39, 0.29) is 0 Å². The average molecular weight is 402 g/mol. The lowest BCUT2D eigenvalue weighted by Gasteiger charge is -2.14. The largest absolute Gasteiger partial charge is 0.309 e. The van der Waals surface area contributed by atoms with E-state index >= 15 is 0 Å². The van der Waals surface area contributed by atoms with Crippen LogP contribution in [0.2, 0.25) is 0 Å². The number of hydrogen-bond acceptors (Lipinski definition) is 6. The van der Waals surface area contributed by atoms with Crippen molar-refractivity contribution in [3.05, 3.63) is 83.2 Å². The van der Waals surface area contributed by atoms with Crippen molar-refractivity contribution in [1.82, 2.24) is 15.0 Å². The number of benzene rings is 2. The summed E-state index contributed by atoms with van der Waals surface area (Å²) >= 11 is 0. The summed E-state index contributed by atoms with van der Waals surface area (Å²) in [6, 6.07) is 17.7. The van der Waals surface area contributed by atoms with Crippen molar-refractivity contribution in [2.75, 3.05) is 5.32 Å². The molecule has 0 saturated carbocycles. The Hall–Kier alpha value is -4.55. The van der Waals surface area contributed by atoms with E-state index in [0.717, 1.165) is 38.7 Å². The summed E-state index contributed by atoms with van der Waals surface area (Å²) in [6.45, 7) is 4.12. The van der Waals surface area contributed by atoms with E-state index in [1.54, 1.807) is 18.3 Å². The molecule has 0 spiro atoms. The molecule has 6 nitrogen and oxygen atoms in total. The second kappa shape index (κ2) is 8.44. The number of aryl methyl sites for hydroxylation is 2. The third-order valence-corrected chi connectivity index (χ3v) is 4.92. The number of rotatable bonds is 4. The summed E-state index contributed by atoms with van der Waals surface area (Å²) in [6.07, 6.45) is 6.58. The Morgan fingerprint density at radius 2 is 1.77 bits per heavy atom.